The predicted molar refractivity (Wildman–Crippen MR) is 88.5 cm³/mol. The fourth-order valence-electron chi connectivity index (χ4n) is 2.70. The summed E-state index contributed by atoms with van der Waals surface area (Å²) in [5.41, 5.74) is 4.03. The van der Waals surface area contributed by atoms with Crippen LogP contribution in [-0.4, -0.2) is 6.54 Å². The molecule has 20 heavy (non-hydrogen) atoms. The summed E-state index contributed by atoms with van der Waals surface area (Å²) in [5, 5.41) is 7.14. The summed E-state index contributed by atoms with van der Waals surface area (Å²) in [6.45, 7) is 5.27. The number of nitrogens with one attached hydrogen (secondary N) is 1. The third-order valence-corrected chi connectivity index (χ3v) is 4.58. The maximum atomic E-state index is 3.63. The molecule has 0 spiro atoms. The number of thiophene rings is 1. The molecule has 0 aliphatic rings. The lowest BCUT2D eigenvalue weighted by Gasteiger charge is -2.20. The lowest BCUT2D eigenvalue weighted by Crippen LogP contribution is -2.22. The molecule has 0 radical (unpaired) electrons. The van der Waals surface area contributed by atoms with Crippen molar-refractivity contribution in [3.63, 3.8) is 0 Å². The standard InChI is InChI=1S/C18H19NS/c1-3-19-17(15-8-4-6-13(2)12-15)16-9-5-7-14-10-11-20-18(14)16/h4-12,17,19H,3H2,1-2H3. The maximum absolute atomic E-state index is 3.63. The summed E-state index contributed by atoms with van der Waals surface area (Å²) < 4.78 is 1.39. The average molecular weight is 281 g/mol. The van der Waals surface area contributed by atoms with Gasteiger partial charge in [0.2, 0.25) is 0 Å². The lowest BCUT2D eigenvalue weighted by atomic mass is 9.96. The number of fused-ring (bicyclic) bond motifs is 1. The second-order valence-electron chi connectivity index (χ2n) is 5.09. The van der Waals surface area contributed by atoms with Crippen LogP contribution >= 0.6 is 11.3 Å². The highest BCUT2D eigenvalue weighted by Crippen LogP contribution is 2.32. The molecular formula is C18H19NS. The molecule has 0 amide bonds. The molecule has 2 aromatic carbocycles. The van der Waals surface area contributed by atoms with E-state index in [-0.39, 0.29) is 6.04 Å². The Kier molecular flexibility index (Phi) is 3.86. The van der Waals surface area contributed by atoms with Crippen molar-refractivity contribution in [3.05, 3.63) is 70.6 Å². The van der Waals surface area contributed by atoms with Crippen LogP contribution in [0.5, 0.6) is 0 Å². The van der Waals surface area contributed by atoms with Gasteiger partial charge >= 0.3 is 0 Å². The van der Waals surface area contributed by atoms with Gasteiger partial charge in [0, 0.05) is 4.70 Å². The van der Waals surface area contributed by atoms with Crippen LogP contribution in [0.25, 0.3) is 10.1 Å². The lowest BCUT2D eigenvalue weighted by molar-refractivity contribution is 0.634. The van der Waals surface area contributed by atoms with E-state index < -0.39 is 0 Å². The highest BCUT2D eigenvalue weighted by atomic mass is 32.1. The van der Waals surface area contributed by atoms with Gasteiger partial charge in [0.1, 0.15) is 0 Å². The van der Waals surface area contributed by atoms with Crippen LogP contribution in [0.1, 0.15) is 29.7 Å². The van der Waals surface area contributed by atoms with Gasteiger partial charge in [0.05, 0.1) is 6.04 Å². The van der Waals surface area contributed by atoms with Crippen molar-refractivity contribution in [2.45, 2.75) is 19.9 Å². The van der Waals surface area contributed by atoms with Gasteiger partial charge in [-0.15, -0.1) is 11.3 Å². The molecule has 0 aliphatic heterocycles. The van der Waals surface area contributed by atoms with E-state index in [1.165, 1.54) is 26.8 Å². The number of hydrogen-bond acceptors (Lipinski definition) is 2. The van der Waals surface area contributed by atoms with E-state index in [0.29, 0.717) is 0 Å². The minimum atomic E-state index is 0.266. The van der Waals surface area contributed by atoms with Crippen molar-refractivity contribution in [1.29, 1.82) is 0 Å². The van der Waals surface area contributed by atoms with Crippen molar-refractivity contribution in [2.75, 3.05) is 6.54 Å². The third-order valence-electron chi connectivity index (χ3n) is 3.60. The van der Waals surface area contributed by atoms with E-state index in [0.717, 1.165) is 6.54 Å². The van der Waals surface area contributed by atoms with Gasteiger partial charge in [0.25, 0.3) is 0 Å². The SMILES string of the molecule is CCNC(c1cccc(C)c1)c1cccc2ccsc12. The molecule has 0 bridgehead atoms. The van der Waals surface area contributed by atoms with Crippen LogP contribution < -0.4 is 5.32 Å². The minimum Gasteiger partial charge on any atom is -0.306 e. The van der Waals surface area contributed by atoms with Crippen molar-refractivity contribution in [1.82, 2.24) is 5.32 Å². The largest absolute Gasteiger partial charge is 0.306 e. The Balaban J connectivity index is 2.13. The fourth-order valence-corrected chi connectivity index (χ4v) is 3.65. The van der Waals surface area contributed by atoms with E-state index in [9.17, 15) is 0 Å². The summed E-state index contributed by atoms with van der Waals surface area (Å²) in [6, 6.07) is 17.8. The van der Waals surface area contributed by atoms with Gasteiger partial charge in [-0.05, 0) is 41.4 Å². The average Bonchev–Trinajstić information content (AvgIpc) is 2.93. The summed E-state index contributed by atoms with van der Waals surface area (Å²) >= 11 is 1.83. The van der Waals surface area contributed by atoms with Gasteiger partial charge in [-0.25, -0.2) is 0 Å². The van der Waals surface area contributed by atoms with Crippen LogP contribution in [0.2, 0.25) is 0 Å². The molecule has 0 saturated carbocycles. The first-order valence-electron chi connectivity index (χ1n) is 7.05. The van der Waals surface area contributed by atoms with Gasteiger partial charge < -0.3 is 5.32 Å². The normalized spacial score (nSPS) is 12.7. The van der Waals surface area contributed by atoms with E-state index in [1.807, 2.05) is 11.3 Å². The zero-order valence-electron chi connectivity index (χ0n) is 11.9. The molecular weight excluding hydrogens is 262 g/mol. The zero-order valence-corrected chi connectivity index (χ0v) is 12.7. The molecule has 1 nitrogen and oxygen atoms in total. The van der Waals surface area contributed by atoms with Crippen LogP contribution in [0, 0.1) is 6.92 Å². The van der Waals surface area contributed by atoms with Crippen molar-refractivity contribution in [3.8, 4) is 0 Å². The molecule has 3 rings (SSSR count). The molecule has 1 atom stereocenters. The van der Waals surface area contributed by atoms with E-state index in [2.05, 4.69) is 73.1 Å². The molecule has 0 aliphatic carbocycles. The molecule has 1 aromatic heterocycles. The summed E-state index contributed by atoms with van der Waals surface area (Å²) in [4.78, 5) is 0. The van der Waals surface area contributed by atoms with Crippen molar-refractivity contribution in [2.24, 2.45) is 0 Å². The predicted octanol–water partition coefficient (Wildman–Crippen LogP) is 4.91. The fraction of sp³-hybridized carbons (Fsp3) is 0.222. The molecule has 3 aromatic rings. The van der Waals surface area contributed by atoms with Crippen molar-refractivity contribution >= 4 is 21.4 Å². The van der Waals surface area contributed by atoms with Crippen LogP contribution in [0.3, 0.4) is 0 Å². The summed E-state index contributed by atoms with van der Waals surface area (Å²) in [5.74, 6) is 0. The molecule has 0 fully saturated rings. The Labute approximate surface area is 124 Å². The van der Waals surface area contributed by atoms with Crippen molar-refractivity contribution < 1.29 is 0 Å². The highest BCUT2D eigenvalue weighted by Gasteiger charge is 2.16. The topological polar surface area (TPSA) is 12.0 Å². The van der Waals surface area contributed by atoms with Crippen LogP contribution in [0.15, 0.2) is 53.9 Å². The van der Waals surface area contributed by atoms with Gasteiger partial charge in [-0.2, -0.15) is 0 Å². The van der Waals surface area contributed by atoms with Gasteiger partial charge in [-0.1, -0.05) is 55.0 Å². The Morgan fingerprint density at radius 2 is 1.95 bits per heavy atom. The monoisotopic (exact) mass is 281 g/mol. The second kappa shape index (κ2) is 5.78. The number of rotatable bonds is 4. The van der Waals surface area contributed by atoms with E-state index in [1.54, 1.807) is 0 Å². The molecule has 1 unspecified atom stereocenters. The second-order valence-corrected chi connectivity index (χ2v) is 6.01. The van der Waals surface area contributed by atoms with Crippen LogP contribution in [0.4, 0.5) is 0 Å². The van der Waals surface area contributed by atoms with Gasteiger partial charge in [0.15, 0.2) is 0 Å². The maximum Gasteiger partial charge on any atom is 0.0590 e. The molecule has 2 heteroatoms. The smallest absolute Gasteiger partial charge is 0.0590 e. The van der Waals surface area contributed by atoms with Gasteiger partial charge in [-0.3, -0.25) is 0 Å². The minimum absolute atomic E-state index is 0.266. The Bertz CT molecular complexity index is 714. The number of aryl methyl sites for hydroxylation is 1. The van der Waals surface area contributed by atoms with Crippen LogP contribution in [-0.2, 0) is 0 Å². The quantitative estimate of drug-likeness (QED) is 0.716. The number of hydrogen-bond donors (Lipinski definition) is 1. The molecule has 1 heterocycles. The zero-order chi connectivity index (χ0) is 13.9. The Hall–Kier alpha value is -1.64. The van der Waals surface area contributed by atoms with E-state index >= 15 is 0 Å². The third kappa shape index (κ3) is 2.49. The first kappa shape index (κ1) is 13.3. The summed E-state index contributed by atoms with van der Waals surface area (Å²) in [6.07, 6.45) is 0. The first-order chi connectivity index (χ1) is 9.79. The highest BCUT2D eigenvalue weighted by molar-refractivity contribution is 7.17. The molecule has 1 N–H and O–H groups in total. The number of benzene rings is 2. The Morgan fingerprint density at radius 1 is 1.10 bits per heavy atom. The molecule has 0 saturated heterocycles. The Morgan fingerprint density at radius 3 is 2.75 bits per heavy atom. The van der Waals surface area contributed by atoms with E-state index in [4.69, 9.17) is 0 Å². The molecule has 102 valence electrons. The summed E-state index contributed by atoms with van der Waals surface area (Å²) in [7, 11) is 0. The first-order valence-corrected chi connectivity index (χ1v) is 7.93.